The van der Waals surface area contributed by atoms with Crippen molar-refractivity contribution in [2.75, 3.05) is 11.2 Å². The number of fused-ring (bicyclic) bond motifs is 1. The number of alkyl halides is 3. The van der Waals surface area contributed by atoms with Crippen LogP contribution in [-0.4, -0.2) is 27.5 Å². The molecule has 0 aliphatic carbocycles. The Kier molecular flexibility index (Phi) is 6.03. The molecule has 9 heteroatoms. The van der Waals surface area contributed by atoms with Gasteiger partial charge in [-0.15, -0.1) is 0 Å². The van der Waals surface area contributed by atoms with Gasteiger partial charge in [-0.05, 0) is 17.7 Å². The molecule has 28 heavy (non-hydrogen) atoms. The predicted octanol–water partition coefficient (Wildman–Crippen LogP) is 3.75. The van der Waals surface area contributed by atoms with Crippen molar-refractivity contribution in [3.63, 3.8) is 0 Å². The van der Waals surface area contributed by atoms with E-state index in [-0.39, 0.29) is 22.7 Å². The smallest absolute Gasteiger partial charge is 0.273 e. The van der Waals surface area contributed by atoms with Crippen LogP contribution in [0.15, 0.2) is 64.5 Å². The minimum absolute atomic E-state index is 0.00867. The van der Waals surface area contributed by atoms with Crippen LogP contribution >= 0.6 is 11.8 Å². The minimum atomic E-state index is -4.31. The first-order valence-corrected chi connectivity index (χ1v) is 9.37. The zero-order valence-corrected chi connectivity index (χ0v) is 15.4. The third kappa shape index (κ3) is 5.13. The van der Waals surface area contributed by atoms with E-state index in [4.69, 9.17) is 0 Å². The molecule has 0 radical (unpaired) electrons. The molecule has 1 heterocycles. The van der Waals surface area contributed by atoms with Crippen molar-refractivity contribution in [3.8, 4) is 0 Å². The second-order valence-corrected chi connectivity index (χ2v) is 7.03. The van der Waals surface area contributed by atoms with E-state index in [0.717, 1.165) is 22.0 Å². The first kappa shape index (κ1) is 19.9. The van der Waals surface area contributed by atoms with Crippen LogP contribution < -0.4 is 11.0 Å². The van der Waals surface area contributed by atoms with Gasteiger partial charge in [-0.3, -0.25) is 15.0 Å². The molecular formula is C19H16F3N3O2S. The summed E-state index contributed by atoms with van der Waals surface area (Å²) < 4.78 is 38.3. The molecule has 3 aromatic rings. The number of nitrogens with one attached hydrogen (secondary N) is 1. The fraction of sp³-hybridized carbons (Fsp3) is 0.211. The monoisotopic (exact) mass is 407 g/mol. The summed E-state index contributed by atoms with van der Waals surface area (Å²) in [6.45, 7) is 0. The number of hydrogen-bond acceptors (Lipinski definition) is 4. The summed E-state index contributed by atoms with van der Waals surface area (Å²) in [5.41, 5.74) is 3.03. The maximum Gasteiger partial charge on any atom is 0.389 e. The SMILES string of the molecule is O=C(Cc1ccccc1)Nn1c(SCCC(F)(F)F)nc2ccccc2c1=O. The molecule has 1 amide bonds. The molecule has 0 saturated carbocycles. The van der Waals surface area contributed by atoms with Gasteiger partial charge < -0.3 is 0 Å². The molecule has 0 saturated heterocycles. The second-order valence-electron chi connectivity index (χ2n) is 5.96. The highest BCUT2D eigenvalue weighted by Crippen LogP contribution is 2.25. The van der Waals surface area contributed by atoms with Crippen molar-refractivity contribution in [1.29, 1.82) is 0 Å². The Balaban J connectivity index is 1.89. The molecule has 5 nitrogen and oxygen atoms in total. The van der Waals surface area contributed by atoms with Gasteiger partial charge in [0.15, 0.2) is 5.16 Å². The van der Waals surface area contributed by atoms with Gasteiger partial charge in [-0.25, -0.2) is 4.98 Å². The van der Waals surface area contributed by atoms with Gasteiger partial charge in [0.2, 0.25) is 5.91 Å². The number of carbonyl (C=O) groups is 1. The van der Waals surface area contributed by atoms with E-state index >= 15 is 0 Å². The lowest BCUT2D eigenvalue weighted by atomic mass is 10.1. The predicted molar refractivity (Wildman–Crippen MR) is 102 cm³/mol. The number of amides is 1. The fourth-order valence-corrected chi connectivity index (χ4v) is 3.45. The molecule has 0 unspecified atom stereocenters. The summed E-state index contributed by atoms with van der Waals surface area (Å²) in [7, 11) is 0. The van der Waals surface area contributed by atoms with Crippen molar-refractivity contribution >= 4 is 28.6 Å². The number of carbonyl (C=O) groups excluding carboxylic acids is 1. The summed E-state index contributed by atoms with van der Waals surface area (Å²) in [6, 6.07) is 15.4. The van der Waals surface area contributed by atoms with Crippen LogP contribution in [0.3, 0.4) is 0 Å². The summed E-state index contributed by atoms with van der Waals surface area (Å²) in [5, 5.41) is 0.275. The van der Waals surface area contributed by atoms with Crippen molar-refractivity contribution in [2.24, 2.45) is 0 Å². The molecule has 0 aliphatic heterocycles. The van der Waals surface area contributed by atoms with Crippen LogP contribution in [0.2, 0.25) is 0 Å². The zero-order valence-electron chi connectivity index (χ0n) is 14.6. The quantitative estimate of drug-likeness (QED) is 0.499. The lowest BCUT2D eigenvalue weighted by molar-refractivity contribution is -0.129. The molecule has 146 valence electrons. The number of nitrogens with zero attached hydrogens (tertiary/aromatic N) is 2. The maximum atomic E-state index is 12.8. The number of aromatic nitrogens is 2. The highest BCUT2D eigenvalue weighted by molar-refractivity contribution is 7.99. The van der Waals surface area contributed by atoms with Gasteiger partial charge in [0.1, 0.15) is 0 Å². The second kappa shape index (κ2) is 8.47. The molecule has 2 aromatic carbocycles. The van der Waals surface area contributed by atoms with E-state index in [1.54, 1.807) is 48.5 Å². The largest absolute Gasteiger partial charge is 0.389 e. The van der Waals surface area contributed by atoms with Gasteiger partial charge in [0.05, 0.1) is 23.7 Å². The number of para-hydroxylation sites is 1. The molecular weight excluding hydrogens is 391 g/mol. The molecule has 1 N–H and O–H groups in total. The number of rotatable bonds is 6. The van der Waals surface area contributed by atoms with Crippen molar-refractivity contribution in [2.45, 2.75) is 24.2 Å². The van der Waals surface area contributed by atoms with Gasteiger partial charge in [0, 0.05) is 5.75 Å². The minimum Gasteiger partial charge on any atom is -0.273 e. The summed E-state index contributed by atoms with van der Waals surface area (Å²) in [4.78, 5) is 29.4. The Morgan fingerprint density at radius 1 is 1.07 bits per heavy atom. The van der Waals surface area contributed by atoms with Crippen LogP contribution in [0.5, 0.6) is 0 Å². The number of thioether (sulfide) groups is 1. The number of hydrogen-bond donors (Lipinski definition) is 1. The third-order valence-corrected chi connectivity index (χ3v) is 4.75. The van der Waals surface area contributed by atoms with Crippen LogP contribution in [0.25, 0.3) is 10.9 Å². The molecule has 0 aliphatic rings. The lowest BCUT2D eigenvalue weighted by Gasteiger charge is -2.14. The van der Waals surface area contributed by atoms with Crippen LogP contribution in [0.1, 0.15) is 12.0 Å². The lowest BCUT2D eigenvalue weighted by Crippen LogP contribution is -2.36. The average molecular weight is 407 g/mol. The molecule has 0 atom stereocenters. The zero-order chi connectivity index (χ0) is 20.1. The van der Waals surface area contributed by atoms with Gasteiger partial charge in [0.25, 0.3) is 5.56 Å². The van der Waals surface area contributed by atoms with Crippen LogP contribution in [-0.2, 0) is 11.2 Å². The molecule has 0 bridgehead atoms. The Morgan fingerprint density at radius 2 is 1.75 bits per heavy atom. The highest BCUT2D eigenvalue weighted by Gasteiger charge is 2.27. The topological polar surface area (TPSA) is 64.0 Å². The van der Waals surface area contributed by atoms with E-state index in [1.807, 2.05) is 6.07 Å². The normalized spacial score (nSPS) is 11.5. The van der Waals surface area contributed by atoms with Crippen molar-refractivity contribution in [1.82, 2.24) is 9.66 Å². The molecule has 0 spiro atoms. The third-order valence-electron chi connectivity index (χ3n) is 3.81. The van der Waals surface area contributed by atoms with Crippen LogP contribution in [0.4, 0.5) is 13.2 Å². The highest BCUT2D eigenvalue weighted by atomic mass is 32.2. The van der Waals surface area contributed by atoms with Crippen molar-refractivity contribution < 1.29 is 18.0 Å². The summed E-state index contributed by atoms with van der Waals surface area (Å²) in [6.07, 6.45) is -5.32. The standard InChI is InChI=1S/C19H16F3N3O2S/c20-19(21,22)10-11-28-18-23-15-9-5-4-8-14(15)17(27)25(18)24-16(26)12-13-6-2-1-3-7-13/h1-9H,10-12H2,(H,24,26). The first-order valence-electron chi connectivity index (χ1n) is 8.38. The van der Waals surface area contributed by atoms with E-state index in [1.165, 1.54) is 0 Å². The van der Waals surface area contributed by atoms with Crippen LogP contribution in [0, 0.1) is 0 Å². The molecule has 1 aromatic heterocycles. The fourth-order valence-electron chi connectivity index (χ4n) is 2.51. The van der Waals surface area contributed by atoms with E-state index < -0.39 is 24.1 Å². The van der Waals surface area contributed by atoms with Gasteiger partial charge in [-0.1, -0.05) is 54.2 Å². The Bertz CT molecular complexity index is 1040. The summed E-state index contributed by atoms with van der Waals surface area (Å²) in [5.74, 6) is -0.786. The van der Waals surface area contributed by atoms with E-state index in [0.29, 0.717) is 5.52 Å². The summed E-state index contributed by atoms with van der Waals surface area (Å²) >= 11 is 0.768. The van der Waals surface area contributed by atoms with E-state index in [2.05, 4.69) is 10.4 Å². The maximum absolute atomic E-state index is 12.8. The average Bonchev–Trinajstić information content (AvgIpc) is 2.64. The Hall–Kier alpha value is -2.81. The Labute approximate surface area is 162 Å². The van der Waals surface area contributed by atoms with Gasteiger partial charge >= 0.3 is 6.18 Å². The molecule has 3 rings (SSSR count). The first-order chi connectivity index (χ1) is 13.3. The molecule has 0 fully saturated rings. The number of halogens is 3. The van der Waals surface area contributed by atoms with Crippen molar-refractivity contribution in [3.05, 3.63) is 70.5 Å². The Morgan fingerprint density at radius 3 is 2.46 bits per heavy atom. The van der Waals surface area contributed by atoms with Gasteiger partial charge in [-0.2, -0.15) is 17.8 Å². The van der Waals surface area contributed by atoms with E-state index in [9.17, 15) is 22.8 Å². The number of benzene rings is 2.